The van der Waals surface area contributed by atoms with E-state index >= 15 is 0 Å². The molecular formula is C42H36N4. The third-order valence-corrected chi connectivity index (χ3v) is 9.52. The zero-order chi connectivity index (χ0) is 31.3. The molecule has 1 aliphatic carbocycles. The van der Waals surface area contributed by atoms with Gasteiger partial charge >= 0.3 is 0 Å². The van der Waals surface area contributed by atoms with Gasteiger partial charge in [-0.3, -0.25) is 10.3 Å². The van der Waals surface area contributed by atoms with E-state index in [4.69, 9.17) is 10.7 Å². The van der Waals surface area contributed by atoms with Crippen molar-refractivity contribution in [3.63, 3.8) is 0 Å². The van der Waals surface area contributed by atoms with Gasteiger partial charge < -0.3 is 10.3 Å². The lowest BCUT2D eigenvalue weighted by Gasteiger charge is -2.21. The Kier molecular flexibility index (Phi) is 6.90. The number of nitrogens with zero attached hydrogens (tertiary/aromatic N) is 2. The summed E-state index contributed by atoms with van der Waals surface area (Å²) in [7, 11) is 0. The molecule has 0 bridgehead atoms. The Bertz CT molecular complexity index is 2210. The normalized spacial score (nSPS) is 14.8. The van der Waals surface area contributed by atoms with E-state index in [-0.39, 0.29) is 17.7 Å². The molecule has 7 aromatic rings. The van der Waals surface area contributed by atoms with Gasteiger partial charge in [-0.25, -0.2) is 0 Å². The fraction of sp³-hybridized carbons (Fsp3) is 0.119. The van der Waals surface area contributed by atoms with Crippen molar-refractivity contribution in [2.24, 2.45) is 10.7 Å². The number of nitrogens with two attached hydrogens (primary N) is 1. The van der Waals surface area contributed by atoms with Gasteiger partial charge in [-0.2, -0.15) is 0 Å². The molecule has 1 aromatic heterocycles. The van der Waals surface area contributed by atoms with Crippen LogP contribution in [0.15, 0.2) is 151 Å². The minimum Gasteiger partial charge on any atom is -0.312 e. The van der Waals surface area contributed by atoms with Gasteiger partial charge in [-0.05, 0) is 51.6 Å². The average Bonchev–Trinajstić information content (AvgIpc) is 3.56. The molecule has 0 radical (unpaired) electrons. The largest absolute Gasteiger partial charge is 0.312 e. The standard InChI is InChI=1S/C42H36N4/c1-42(2)35-19-11-9-18-34(35)38-36(42)26-25-33-32-17-10-12-20-37(32)46(39(33)38)31-23-21-28(22-24-31)27-44-41(30-15-7-4-8-16-30)45-40(43)29-13-5-3-6-14-29/h3-27,40-41,45H,43H2,1-2H3. The van der Waals surface area contributed by atoms with Crippen LogP contribution >= 0.6 is 0 Å². The van der Waals surface area contributed by atoms with Crippen molar-refractivity contribution in [3.8, 4) is 16.8 Å². The second-order valence-electron chi connectivity index (χ2n) is 12.6. The Morgan fingerprint density at radius 2 is 1.30 bits per heavy atom. The lowest BCUT2D eigenvalue weighted by Crippen LogP contribution is -2.31. The predicted octanol–water partition coefficient (Wildman–Crippen LogP) is 9.45. The number of aromatic nitrogens is 1. The van der Waals surface area contributed by atoms with Gasteiger partial charge in [-0.15, -0.1) is 0 Å². The Balaban J connectivity index is 1.20. The number of rotatable bonds is 7. The number of para-hydroxylation sites is 1. The zero-order valence-electron chi connectivity index (χ0n) is 26.1. The number of fused-ring (bicyclic) bond motifs is 7. The molecule has 46 heavy (non-hydrogen) atoms. The van der Waals surface area contributed by atoms with Gasteiger partial charge in [-0.1, -0.05) is 141 Å². The first-order valence-electron chi connectivity index (χ1n) is 15.9. The van der Waals surface area contributed by atoms with Gasteiger partial charge in [0.25, 0.3) is 0 Å². The zero-order valence-corrected chi connectivity index (χ0v) is 26.1. The third-order valence-electron chi connectivity index (χ3n) is 9.52. The monoisotopic (exact) mass is 596 g/mol. The summed E-state index contributed by atoms with van der Waals surface area (Å²) in [5.74, 6) is 0. The molecule has 8 rings (SSSR count). The lowest BCUT2D eigenvalue weighted by atomic mass is 9.82. The van der Waals surface area contributed by atoms with E-state index in [1.165, 1.54) is 44.1 Å². The number of benzene rings is 6. The number of hydrogen-bond donors (Lipinski definition) is 2. The van der Waals surface area contributed by atoms with Crippen LogP contribution < -0.4 is 11.1 Å². The van der Waals surface area contributed by atoms with Crippen LogP contribution in [0.3, 0.4) is 0 Å². The first kappa shape index (κ1) is 28.2. The molecule has 4 nitrogen and oxygen atoms in total. The van der Waals surface area contributed by atoms with Crippen LogP contribution in [-0.2, 0) is 5.41 Å². The van der Waals surface area contributed by atoms with E-state index in [1.54, 1.807) is 0 Å². The maximum absolute atomic E-state index is 6.56. The molecule has 4 heteroatoms. The second kappa shape index (κ2) is 11.3. The average molecular weight is 597 g/mol. The van der Waals surface area contributed by atoms with Crippen molar-refractivity contribution in [1.82, 2.24) is 9.88 Å². The minimum atomic E-state index is -0.349. The molecule has 0 spiro atoms. The Morgan fingerprint density at radius 3 is 2.07 bits per heavy atom. The van der Waals surface area contributed by atoms with Crippen LogP contribution in [0.5, 0.6) is 0 Å². The van der Waals surface area contributed by atoms with E-state index in [2.05, 4.69) is 121 Å². The fourth-order valence-corrected chi connectivity index (χ4v) is 7.17. The van der Waals surface area contributed by atoms with Crippen LogP contribution in [0.2, 0.25) is 0 Å². The SMILES string of the molecule is CC1(C)c2ccccc2-c2c1ccc1c3ccccc3n(-c3ccc(C=NC(NC(N)c4ccccc4)c4ccccc4)cc3)c21. The van der Waals surface area contributed by atoms with Crippen LogP contribution in [0, 0.1) is 0 Å². The van der Waals surface area contributed by atoms with Crippen molar-refractivity contribution in [2.75, 3.05) is 0 Å². The highest BCUT2D eigenvalue weighted by Gasteiger charge is 2.37. The highest BCUT2D eigenvalue weighted by atomic mass is 15.1. The van der Waals surface area contributed by atoms with E-state index in [9.17, 15) is 0 Å². The second-order valence-corrected chi connectivity index (χ2v) is 12.6. The van der Waals surface area contributed by atoms with Crippen molar-refractivity contribution in [2.45, 2.75) is 31.6 Å². The summed E-state index contributed by atoms with van der Waals surface area (Å²) in [5, 5.41) is 6.05. The Hall–Kier alpha value is -5.29. The topological polar surface area (TPSA) is 55.3 Å². The van der Waals surface area contributed by atoms with Gasteiger partial charge in [0.05, 0.1) is 17.2 Å². The molecular weight excluding hydrogens is 560 g/mol. The Labute approximate surface area is 269 Å². The highest BCUT2D eigenvalue weighted by molar-refractivity contribution is 6.15. The van der Waals surface area contributed by atoms with Gasteiger partial charge in [0.2, 0.25) is 0 Å². The van der Waals surface area contributed by atoms with E-state index < -0.39 is 0 Å². The number of nitrogens with one attached hydrogen (secondary N) is 1. The van der Waals surface area contributed by atoms with Gasteiger partial charge in [0.15, 0.2) is 0 Å². The highest BCUT2D eigenvalue weighted by Crippen LogP contribution is 2.52. The predicted molar refractivity (Wildman–Crippen MR) is 192 cm³/mol. The molecule has 1 aliphatic rings. The molecule has 0 saturated carbocycles. The summed E-state index contributed by atoms with van der Waals surface area (Å²) >= 11 is 0. The van der Waals surface area contributed by atoms with E-state index in [1.807, 2.05) is 54.7 Å². The van der Waals surface area contributed by atoms with Crippen LogP contribution in [0.25, 0.3) is 38.6 Å². The molecule has 1 heterocycles. The first-order chi connectivity index (χ1) is 22.5. The molecule has 0 aliphatic heterocycles. The van der Waals surface area contributed by atoms with Crippen LogP contribution in [0.4, 0.5) is 0 Å². The summed E-state index contributed by atoms with van der Waals surface area (Å²) in [6.07, 6.45) is 1.30. The third kappa shape index (κ3) is 4.66. The maximum atomic E-state index is 6.56. The molecule has 0 amide bonds. The summed E-state index contributed by atoms with van der Waals surface area (Å²) in [6, 6.07) is 51.3. The summed E-state index contributed by atoms with van der Waals surface area (Å²) in [4.78, 5) is 4.99. The first-order valence-corrected chi connectivity index (χ1v) is 15.9. The Morgan fingerprint density at radius 1 is 0.652 bits per heavy atom. The number of hydrogen-bond acceptors (Lipinski definition) is 3. The van der Waals surface area contributed by atoms with Crippen LogP contribution in [0.1, 0.15) is 54.0 Å². The summed E-state index contributed by atoms with van der Waals surface area (Å²) in [6.45, 7) is 4.68. The molecule has 224 valence electrons. The molecule has 3 N–H and O–H groups in total. The molecule has 2 atom stereocenters. The molecule has 2 unspecified atom stereocenters. The molecule has 0 fully saturated rings. The smallest absolute Gasteiger partial charge is 0.127 e. The summed E-state index contributed by atoms with van der Waals surface area (Å²) in [5.41, 5.74) is 18.6. The maximum Gasteiger partial charge on any atom is 0.127 e. The molecule has 0 saturated heterocycles. The summed E-state index contributed by atoms with van der Waals surface area (Å²) < 4.78 is 2.44. The fourth-order valence-electron chi connectivity index (χ4n) is 7.17. The van der Waals surface area contributed by atoms with Crippen molar-refractivity contribution >= 4 is 28.0 Å². The van der Waals surface area contributed by atoms with Gasteiger partial charge in [0, 0.05) is 33.7 Å². The number of aliphatic imine (C=N–C) groups is 1. The van der Waals surface area contributed by atoms with Crippen molar-refractivity contribution < 1.29 is 0 Å². The molecule has 6 aromatic carbocycles. The van der Waals surface area contributed by atoms with Crippen LogP contribution in [-0.4, -0.2) is 10.8 Å². The lowest BCUT2D eigenvalue weighted by molar-refractivity contribution is 0.467. The van der Waals surface area contributed by atoms with Crippen molar-refractivity contribution in [3.05, 3.63) is 173 Å². The van der Waals surface area contributed by atoms with Gasteiger partial charge in [0.1, 0.15) is 6.17 Å². The van der Waals surface area contributed by atoms with Crippen molar-refractivity contribution in [1.29, 1.82) is 0 Å². The van der Waals surface area contributed by atoms with E-state index in [0.29, 0.717) is 0 Å². The van der Waals surface area contributed by atoms with E-state index in [0.717, 1.165) is 22.4 Å². The quantitative estimate of drug-likeness (QED) is 0.142. The minimum absolute atomic E-state index is 0.0614.